The predicted octanol–water partition coefficient (Wildman–Crippen LogP) is 1.11. The van der Waals surface area contributed by atoms with Crippen LogP contribution in [0.1, 0.15) is 5.56 Å². The van der Waals surface area contributed by atoms with Gasteiger partial charge in [-0.05, 0) is 12.5 Å². The number of benzene rings is 1. The molecule has 0 saturated carbocycles. The van der Waals surface area contributed by atoms with Gasteiger partial charge in [0.25, 0.3) is 0 Å². The van der Waals surface area contributed by atoms with Gasteiger partial charge in [0, 0.05) is 0 Å². The van der Waals surface area contributed by atoms with E-state index in [0.29, 0.717) is 13.0 Å². The van der Waals surface area contributed by atoms with Crippen LogP contribution in [0.4, 0.5) is 0 Å². The lowest BCUT2D eigenvalue weighted by Gasteiger charge is -2.10. The zero-order valence-corrected chi connectivity index (χ0v) is 7.27. The predicted molar refractivity (Wildman–Crippen MR) is 49.6 cm³/mol. The van der Waals surface area contributed by atoms with Crippen LogP contribution in [0.2, 0.25) is 0 Å². The Bertz CT molecular complexity index is 248. The van der Waals surface area contributed by atoms with Crippen molar-refractivity contribution in [2.45, 2.75) is 12.8 Å². The van der Waals surface area contributed by atoms with Crippen molar-refractivity contribution < 1.29 is 9.53 Å². The Morgan fingerprint density at radius 2 is 2.15 bits per heavy atom. The normalized spacial score (nSPS) is 12.1. The summed E-state index contributed by atoms with van der Waals surface area (Å²) in [6, 6.07) is 9.71. The molecular weight excluding hydrogens is 166 g/mol. The summed E-state index contributed by atoms with van der Waals surface area (Å²) in [5.74, 6) is 0. The number of amides is 1. The van der Waals surface area contributed by atoms with Crippen LogP contribution in [0.5, 0.6) is 0 Å². The Morgan fingerprint density at radius 1 is 1.46 bits per heavy atom. The van der Waals surface area contributed by atoms with Crippen LogP contribution in [0.15, 0.2) is 30.3 Å². The highest BCUT2D eigenvalue weighted by Gasteiger charge is 1.98. The van der Waals surface area contributed by atoms with Gasteiger partial charge in [-0.25, -0.2) is 0 Å². The molecule has 1 radical (unpaired) electrons. The number of rotatable bonds is 5. The lowest BCUT2D eigenvalue weighted by atomic mass is 10.2. The van der Waals surface area contributed by atoms with Crippen LogP contribution in [-0.4, -0.2) is 12.6 Å². The first-order valence-electron chi connectivity index (χ1n) is 4.01. The van der Waals surface area contributed by atoms with E-state index in [1.165, 1.54) is 0 Å². The lowest BCUT2D eigenvalue weighted by molar-refractivity contribution is -0.112. The summed E-state index contributed by atoms with van der Waals surface area (Å²) in [6.45, 7) is 4.03. The van der Waals surface area contributed by atoms with Crippen molar-refractivity contribution >= 4 is 6.41 Å². The highest BCUT2D eigenvalue weighted by Crippen LogP contribution is 2.01. The maximum atomic E-state index is 10.00. The van der Waals surface area contributed by atoms with Crippen molar-refractivity contribution in [3.8, 4) is 0 Å². The molecule has 1 aromatic carbocycles. The Balaban J connectivity index is 2.30. The number of hydrogen-bond acceptors (Lipinski definition) is 2. The van der Waals surface area contributed by atoms with E-state index >= 15 is 0 Å². The molecule has 1 aromatic rings. The Hall–Kier alpha value is -1.35. The summed E-state index contributed by atoms with van der Waals surface area (Å²) < 4.78 is 5.21. The Labute approximate surface area is 77.7 Å². The molecule has 1 atom stereocenters. The van der Waals surface area contributed by atoms with E-state index in [9.17, 15) is 4.79 Å². The number of ether oxygens (including phenoxy) is 1. The van der Waals surface area contributed by atoms with Gasteiger partial charge >= 0.3 is 0 Å². The molecule has 13 heavy (non-hydrogen) atoms. The average Bonchev–Trinajstić information content (AvgIpc) is 2.17. The molecule has 1 N–H and O–H groups in total. The van der Waals surface area contributed by atoms with E-state index in [4.69, 9.17) is 4.74 Å². The van der Waals surface area contributed by atoms with Crippen LogP contribution in [0.3, 0.4) is 0 Å². The summed E-state index contributed by atoms with van der Waals surface area (Å²) in [5.41, 5.74) is 1.06. The Kier molecular flexibility index (Phi) is 3.99. The van der Waals surface area contributed by atoms with E-state index in [1.54, 1.807) is 0 Å². The quantitative estimate of drug-likeness (QED) is 0.541. The molecule has 0 aliphatic carbocycles. The van der Waals surface area contributed by atoms with Gasteiger partial charge in [-0.15, -0.1) is 0 Å². The van der Waals surface area contributed by atoms with Crippen LogP contribution in [0.25, 0.3) is 0 Å². The molecule has 0 saturated heterocycles. The van der Waals surface area contributed by atoms with Crippen LogP contribution >= 0.6 is 0 Å². The molecule has 0 heterocycles. The SMILES string of the molecule is [CH2]C(NC=O)OCc1ccccc1. The molecule has 1 rings (SSSR count). The van der Waals surface area contributed by atoms with Gasteiger partial charge in [-0.2, -0.15) is 0 Å². The first-order chi connectivity index (χ1) is 6.33. The summed E-state index contributed by atoms with van der Waals surface area (Å²) in [7, 11) is 0. The zero-order chi connectivity index (χ0) is 9.52. The number of hydrogen-bond donors (Lipinski definition) is 1. The first-order valence-corrected chi connectivity index (χ1v) is 4.01. The van der Waals surface area contributed by atoms with Gasteiger partial charge in [0.1, 0.15) is 6.23 Å². The van der Waals surface area contributed by atoms with Gasteiger partial charge < -0.3 is 10.1 Å². The maximum absolute atomic E-state index is 10.00. The van der Waals surface area contributed by atoms with Crippen molar-refractivity contribution in [2.24, 2.45) is 0 Å². The molecule has 1 unspecified atom stereocenters. The van der Waals surface area contributed by atoms with Gasteiger partial charge in [0.2, 0.25) is 6.41 Å². The van der Waals surface area contributed by atoms with Gasteiger partial charge in [-0.3, -0.25) is 4.79 Å². The zero-order valence-electron chi connectivity index (χ0n) is 7.27. The number of nitrogens with one attached hydrogen (secondary N) is 1. The first kappa shape index (κ1) is 9.74. The summed E-state index contributed by atoms with van der Waals surface area (Å²) in [5, 5.41) is 2.40. The fourth-order valence-corrected chi connectivity index (χ4v) is 0.895. The summed E-state index contributed by atoms with van der Waals surface area (Å²) in [4.78, 5) is 10.00. The monoisotopic (exact) mass is 178 g/mol. The second kappa shape index (κ2) is 5.32. The summed E-state index contributed by atoms with van der Waals surface area (Å²) in [6.07, 6.45) is 0.0838. The topological polar surface area (TPSA) is 38.3 Å². The van der Waals surface area contributed by atoms with Crippen LogP contribution in [0, 0.1) is 6.92 Å². The van der Waals surface area contributed by atoms with E-state index < -0.39 is 6.23 Å². The maximum Gasteiger partial charge on any atom is 0.209 e. The molecule has 3 heteroatoms. The minimum atomic E-state index is -0.488. The molecular formula is C10H12NO2. The lowest BCUT2D eigenvalue weighted by Crippen LogP contribution is -2.27. The third-order valence-corrected chi connectivity index (χ3v) is 1.55. The molecule has 0 spiro atoms. The third-order valence-electron chi connectivity index (χ3n) is 1.55. The fourth-order valence-electron chi connectivity index (χ4n) is 0.895. The van der Waals surface area contributed by atoms with Crippen LogP contribution < -0.4 is 5.32 Å². The van der Waals surface area contributed by atoms with E-state index in [2.05, 4.69) is 12.2 Å². The van der Waals surface area contributed by atoms with Gasteiger partial charge in [-0.1, -0.05) is 30.3 Å². The van der Waals surface area contributed by atoms with E-state index in [0.717, 1.165) is 5.56 Å². The van der Waals surface area contributed by atoms with Crippen molar-refractivity contribution in [1.29, 1.82) is 0 Å². The number of carbonyl (C=O) groups excluding carboxylic acids is 1. The highest BCUT2D eigenvalue weighted by molar-refractivity contribution is 5.46. The molecule has 0 aromatic heterocycles. The van der Waals surface area contributed by atoms with Crippen LogP contribution in [-0.2, 0) is 16.1 Å². The summed E-state index contributed by atoms with van der Waals surface area (Å²) >= 11 is 0. The number of carbonyl (C=O) groups is 1. The van der Waals surface area contributed by atoms with Crippen molar-refractivity contribution in [2.75, 3.05) is 0 Å². The van der Waals surface area contributed by atoms with Crippen molar-refractivity contribution in [3.05, 3.63) is 42.8 Å². The van der Waals surface area contributed by atoms with Crippen molar-refractivity contribution in [3.63, 3.8) is 0 Å². The highest BCUT2D eigenvalue weighted by atomic mass is 16.5. The molecule has 3 nitrogen and oxygen atoms in total. The van der Waals surface area contributed by atoms with E-state index in [1.807, 2.05) is 30.3 Å². The average molecular weight is 178 g/mol. The molecule has 0 aliphatic heterocycles. The largest absolute Gasteiger partial charge is 0.354 e. The molecule has 0 bridgehead atoms. The smallest absolute Gasteiger partial charge is 0.209 e. The molecule has 1 amide bonds. The van der Waals surface area contributed by atoms with E-state index in [-0.39, 0.29) is 0 Å². The second-order valence-electron chi connectivity index (χ2n) is 2.57. The van der Waals surface area contributed by atoms with Gasteiger partial charge in [0.15, 0.2) is 0 Å². The third kappa shape index (κ3) is 3.71. The minimum absolute atomic E-state index is 0.454. The van der Waals surface area contributed by atoms with Crippen molar-refractivity contribution in [1.82, 2.24) is 5.32 Å². The molecule has 0 fully saturated rings. The van der Waals surface area contributed by atoms with Gasteiger partial charge in [0.05, 0.1) is 6.61 Å². The fraction of sp³-hybridized carbons (Fsp3) is 0.200. The minimum Gasteiger partial charge on any atom is -0.354 e. The molecule has 69 valence electrons. The second-order valence-corrected chi connectivity index (χ2v) is 2.57. The Morgan fingerprint density at radius 3 is 2.77 bits per heavy atom. The standard InChI is InChI=1S/C10H12NO2/c1-9(11-8-12)13-7-10-5-3-2-4-6-10/h2-6,8-9H,1,7H2,(H,11,12). The molecule has 0 aliphatic rings.